The van der Waals surface area contributed by atoms with Crippen molar-refractivity contribution in [2.75, 3.05) is 26.7 Å². The molecule has 13 heavy (non-hydrogen) atoms. The predicted molar refractivity (Wildman–Crippen MR) is 55.3 cm³/mol. The molecule has 2 saturated heterocycles. The van der Waals surface area contributed by atoms with Crippen LogP contribution in [0, 0.1) is 0 Å². The van der Waals surface area contributed by atoms with Crippen molar-refractivity contribution < 1.29 is 5.11 Å². The van der Waals surface area contributed by atoms with Gasteiger partial charge in [-0.3, -0.25) is 0 Å². The minimum absolute atomic E-state index is 0. The largest absolute Gasteiger partial charge is 0.392 e. The van der Waals surface area contributed by atoms with Crippen molar-refractivity contribution in [2.45, 2.75) is 30.9 Å². The van der Waals surface area contributed by atoms with Gasteiger partial charge in [0.15, 0.2) is 0 Å². The van der Waals surface area contributed by atoms with Crippen molar-refractivity contribution in [2.24, 2.45) is 0 Å². The maximum absolute atomic E-state index is 9.44. The van der Waals surface area contributed by atoms with Crippen LogP contribution in [0.1, 0.15) is 19.3 Å². The SMILES string of the molecule is CN1CCC2(CC1)CC(O)CN2.Cl. The second-order valence-corrected chi connectivity index (χ2v) is 4.32. The van der Waals surface area contributed by atoms with Crippen molar-refractivity contribution in [1.29, 1.82) is 0 Å². The Morgan fingerprint density at radius 2 is 2.00 bits per heavy atom. The zero-order chi connectivity index (χ0) is 8.60. The van der Waals surface area contributed by atoms with Gasteiger partial charge in [-0.05, 0) is 39.4 Å². The number of hydrogen-bond donors (Lipinski definition) is 2. The van der Waals surface area contributed by atoms with E-state index in [0.717, 1.165) is 13.0 Å². The quantitative estimate of drug-likeness (QED) is 0.596. The lowest BCUT2D eigenvalue weighted by Crippen LogP contribution is -2.48. The van der Waals surface area contributed by atoms with E-state index in [1.807, 2.05) is 0 Å². The minimum Gasteiger partial charge on any atom is -0.392 e. The number of halogens is 1. The fourth-order valence-electron chi connectivity index (χ4n) is 2.36. The summed E-state index contributed by atoms with van der Waals surface area (Å²) in [5, 5.41) is 12.9. The van der Waals surface area contributed by atoms with E-state index in [1.54, 1.807) is 0 Å². The molecular formula is C9H19ClN2O. The van der Waals surface area contributed by atoms with E-state index < -0.39 is 0 Å². The Bertz CT molecular complexity index is 169. The summed E-state index contributed by atoms with van der Waals surface area (Å²) in [6.07, 6.45) is 3.25. The molecule has 2 N–H and O–H groups in total. The summed E-state index contributed by atoms with van der Waals surface area (Å²) < 4.78 is 0. The Balaban J connectivity index is 0.000000845. The Morgan fingerprint density at radius 1 is 1.38 bits per heavy atom. The molecule has 2 rings (SSSR count). The van der Waals surface area contributed by atoms with Crippen LogP contribution in [-0.2, 0) is 0 Å². The highest BCUT2D eigenvalue weighted by molar-refractivity contribution is 5.85. The first kappa shape index (κ1) is 11.2. The fraction of sp³-hybridized carbons (Fsp3) is 1.00. The van der Waals surface area contributed by atoms with Gasteiger partial charge in [-0.1, -0.05) is 0 Å². The second kappa shape index (κ2) is 4.13. The van der Waals surface area contributed by atoms with E-state index in [2.05, 4.69) is 17.3 Å². The molecule has 2 aliphatic heterocycles. The van der Waals surface area contributed by atoms with Crippen molar-refractivity contribution in [3.63, 3.8) is 0 Å². The molecule has 0 aromatic rings. The molecule has 2 aliphatic rings. The van der Waals surface area contributed by atoms with Gasteiger partial charge in [0.25, 0.3) is 0 Å². The molecule has 0 aromatic carbocycles. The van der Waals surface area contributed by atoms with Gasteiger partial charge in [-0.25, -0.2) is 0 Å². The Kier molecular flexibility index (Phi) is 3.57. The summed E-state index contributed by atoms with van der Waals surface area (Å²) in [5.41, 5.74) is 0.284. The van der Waals surface area contributed by atoms with Crippen LogP contribution >= 0.6 is 12.4 Å². The molecule has 2 heterocycles. The zero-order valence-electron chi connectivity index (χ0n) is 8.12. The van der Waals surface area contributed by atoms with Crippen LogP contribution < -0.4 is 5.32 Å². The number of likely N-dealkylation sites (tertiary alicyclic amines) is 1. The molecule has 0 bridgehead atoms. The summed E-state index contributed by atoms with van der Waals surface area (Å²) >= 11 is 0. The fourth-order valence-corrected chi connectivity index (χ4v) is 2.36. The molecule has 1 atom stereocenters. The van der Waals surface area contributed by atoms with Crippen LogP contribution in [0.25, 0.3) is 0 Å². The Morgan fingerprint density at radius 3 is 2.46 bits per heavy atom. The van der Waals surface area contributed by atoms with Gasteiger partial charge in [0.2, 0.25) is 0 Å². The zero-order valence-corrected chi connectivity index (χ0v) is 8.94. The smallest absolute Gasteiger partial charge is 0.0682 e. The molecule has 1 spiro atoms. The molecule has 0 amide bonds. The molecule has 78 valence electrons. The highest BCUT2D eigenvalue weighted by Gasteiger charge is 2.39. The van der Waals surface area contributed by atoms with E-state index >= 15 is 0 Å². The number of aliphatic hydroxyl groups is 1. The molecule has 1 unspecified atom stereocenters. The maximum atomic E-state index is 9.44. The maximum Gasteiger partial charge on any atom is 0.0682 e. The first-order chi connectivity index (χ1) is 5.70. The Labute approximate surface area is 85.9 Å². The monoisotopic (exact) mass is 206 g/mol. The summed E-state index contributed by atoms with van der Waals surface area (Å²) in [6.45, 7) is 3.13. The van der Waals surface area contributed by atoms with Crippen molar-refractivity contribution in [1.82, 2.24) is 10.2 Å². The number of piperidine rings is 1. The lowest BCUT2D eigenvalue weighted by atomic mass is 9.86. The average molecular weight is 207 g/mol. The highest BCUT2D eigenvalue weighted by Crippen LogP contribution is 2.30. The number of rotatable bonds is 0. The molecule has 4 heteroatoms. The summed E-state index contributed by atoms with van der Waals surface area (Å²) in [5.74, 6) is 0. The van der Waals surface area contributed by atoms with Crippen molar-refractivity contribution in [3.8, 4) is 0 Å². The molecule has 0 saturated carbocycles. The van der Waals surface area contributed by atoms with Gasteiger partial charge in [0.1, 0.15) is 0 Å². The van der Waals surface area contributed by atoms with Gasteiger partial charge in [0.05, 0.1) is 6.10 Å². The first-order valence-electron chi connectivity index (χ1n) is 4.82. The van der Waals surface area contributed by atoms with Gasteiger partial charge < -0.3 is 15.3 Å². The third-order valence-electron chi connectivity index (χ3n) is 3.28. The number of aliphatic hydroxyl groups excluding tert-OH is 1. The molecule has 3 nitrogen and oxygen atoms in total. The average Bonchev–Trinajstić information content (AvgIpc) is 2.40. The van der Waals surface area contributed by atoms with Gasteiger partial charge in [-0.15, -0.1) is 12.4 Å². The van der Waals surface area contributed by atoms with Gasteiger partial charge in [-0.2, -0.15) is 0 Å². The van der Waals surface area contributed by atoms with Crippen molar-refractivity contribution in [3.05, 3.63) is 0 Å². The van der Waals surface area contributed by atoms with Crippen LogP contribution in [0.4, 0.5) is 0 Å². The number of β-amino-alcohol motifs (C(OH)–C–C–N with tert-alkyl or cyclic N) is 1. The molecule has 0 aromatic heterocycles. The molecule has 2 fully saturated rings. The minimum atomic E-state index is -0.103. The van der Waals surface area contributed by atoms with Crippen LogP contribution in [0.3, 0.4) is 0 Å². The lowest BCUT2D eigenvalue weighted by Gasteiger charge is -2.37. The van der Waals surface area contributed by atoms with Crippen LogP contribution in [0.15, 0.2) is 0 Å². The van der Waals surface area contributed by atoms with Crippen LogP contribution in [-0.4, -0.2) is 48.3 Å². The van der Waals surface area contributed by atoms with E-state index in [-0.39, 0.29) is 24.0 Å². The number of nitrogens with zero attached hydrogens (tertiary/aromatic N) is 1. The summed E-state index contributed by atoms with van der Waals surface area (Å²) in [6, 6.07) is 0. The third kappa shape index (κ3) is 2.34. The highest BCUT2D eigenvalue weighted by atomic mass is 35.5. The second-order valence-electron chi connectivity index (χ2n) is 4.32. The van der Waals surface area contributed by atoms with E-state index in [4.69, 9.17) is 0 Å². The normalized spacial score (nSPS) is 33.2. The lowest BCUT2D eigenvalue weighted by molar-refractivity contribution is 0.145. The standard InChI is InChI=1S/C9H18N2O.ClH/c1-11-4-2-9(3-5-11)6-8(12)7-10-9;/h8,10,12H,2-7H2,1H3;1H. The number of nitrogens with one attached hydrogen (secondary N) is 1. The number of hydrogen-bond acceptors (Lipinski definition) is 3. The molecule has 0 radical (unpaired) electrons. The molecule has 0 aliphatic carbocycles. The first-order valence-corrected chi connectivity index (χ1v) is 4.82. The van der Waals surface area contributed by atoms with Gasteiger partial charge in [0, 0.05) is 12.1 Å². The topological polar surface area (TPSA) is 35.5 Å². The van der Waals surface area contributed by atoms with E-state index in [1.165, 1.54) is 25.9 Å². The molecular weight excluding hydrogens is 188 g/mol. The Hall–Kier alpha value is 0.170. The summed E-state index contributed by atoms with van der Waals surface area (Å²) in [7, 11) is 2.16. The van der Waals surface area contributed by atoms with Crippen LogP contribution in [0.2, 0.25) is 0 Å². The van der Waals surface area contributed by atoms with Crippen LogP contribution in [0.5, 0.6) is 0 Å². The predicted octanol–water partition coefficient (Wildman–Crippen LogP) is 0.227. The van der Waals surface area contributed by atoms with E-state index in [0.29, 0.717) is 0 Å². The van der Waals surface area contributed by atoms with Crippen molar-refractivity contribution >= 4 is 12.4 Å². The third-order valence-corrected chi connectivity index (χ3v) is 3.28. The van der Waals surface area contributed by atoms with E-state index in [9.17, 15) is 5.11 Å². The summed E-state index contributed by atoms with van der Waals surface area (Å²) in [4.78, 5) is 2.36. The van der Waals surface area contributed by atoms with Gasteiger partial charge >= 0.3 is 0 Å².